The molecule has 1 aromatic carbocycles. The molecule has 23 heavy (non-hydrogen) atoms. The van der Waals surface area contributed by atoms with Gasteiger partial charge in [-0.15, -0.1) is 0 Å². The molecule has 5 nitrogen and oxygen atoms in total. The summed E-state index contributed by atoms with van der Waals surface area (Å²) in [5, 5.41) is 0. The predicted octanol–water partition coefficient (Wildman–Crippen LogP) is 2.49. The number of rotatable bonds is 7. The zero-order valence-corrected chi connectivity index (χ0v) is 13.8. The summed E-state index contributed by atoms with van der Waals surface area (Å²) < 4.78 is 1.97. The Kier molecular flexibility index (Phi) is 5.51. The van der Waals surface area contributed by atoms with Gasteiger partial charge >= 0.3 is 5.69 Å². The molecule has 126 valence electrons. The lowest BCUT2D eigenvalue weighted by Gasteiger charge is -2.32. The molecule has 0 radical (unpaired) electrons. The van der Waals surface area contributed by atoms with E-state index in [0.29, 0.717) is 6.04 Å². The number of aromatic amines is 1. The van der Waals surface area contributed by atoms with Crippen molar-refractivity contribution in [2.24, 2.45) is 5.73 Å². The van der Waals surface area contributed by atoms with Crippen LogP contribution in [0.4, 0.5) is 0 Å². The van der Waals surface area contributed by atoms with Crippen LogP contribution in [0.1, 0.15) is 44.6 Å². The molecule has 0 saturated carbocycles. The van der Waals surface area contributed by atoms with Crippen LogP contribution >= 0.6 is 0 Å². The quantitative estimate of drug-likeness (QED) is 0.771. The standard InChI is InChI=1S/C18H28N4O/c19-11-5-1-2-6-12-21-13-9-15(10-14-21)22-17-8-4-3-7-16(17)20-18(22)23/h3-4,7-8,15H,1-2,5-6,9-14,19H2,(H,20,23). The number of fused-ring (bicyclic) bond motifs is 1. The van der Waals surface area contributed by atoms with E-state index < -0.39 is 0 Å². The second-order valence-corrected chi connectivity index (χ2v) is 6.59. The van der Waals surface area contributed by atoms with Crippen LogP contribution in [0.3, 0.4) is 0 Å². The summed E-state index contributed by atoms with van der Waals surface area (Å²) >= 11 is 0. The Morgan fingerprint density at radius 3 is 2.61 bits per heavy atom. The minimum absolute atomic E-state index is 0.0337. The molecule has 1 fully saturated rings. The number of nitrogens with zero attached hydrogens (tertiary/aromatic N) is 2. The number of H-pyrrole nitrogens is 1. The fourth-order valence-electron chi connectivity index (χ4n) is 3.67. The highest BCUT2D eigenvalue weighted by Crippen LogP contribution is 2.24. The van der Waals surface area contributed by atoms with Crippen molar-refractivity contribution in [3.63, 3.8) is 0 Å². The van der Waals surface area contributed by atoms with Crippen molar-refractivity contribution in [1.29, 1.82) is 0 Å². The number of hydrogen-bond acceptors (Lipinski definition) is 3. The summed E-state index contributed by atoms with van der Waals surface area (Å²) in [7, 11) is 0. The van der Waals surface area contributed by atoms with Crippen molar-refractivity contribution in [2.45, 2.75) is 44.6 Å². The largest absolute Gasteiger partial charge is 0.330 e. The summed E-state index contributed by atoms with van der Waals surface area (Å²) in [6.07, 6.45) is 7.05. The highest BCUT2D eigenvalue weighted by molar-refractivity contribution is 5.75. The molecule has 5 heteroatoms. The first-order valence-corrected chi connectivity index (χ1v) is 8.91. The first-order valence-electron chi connectivity index (χ1n) is 8.91. The molecule has 3 N–H and O–H groups in total. The van der Waals surface area contributed by atoms with Crippen LogP contribution in [0.25, 0.3) is 11.0 Å². The minimum Gasteiger partial charge on any atom is -0.330 e. The number of unbranched alkanes of at least 4 members (excludes halogenated alkanes) is 3. The van der Waals surface area contributed by atoms with E-state index in [2.05, 4.69) is 9.88 Å². The van der Waals surface area contributed by atoms with Crippen molar-refractivity contribution >= 4 is 11.0 Å². The number of para-hydroxylation sites is 2. The van der Waals surface area contributed by atoms with Crippen molar-refractivity contribution < 1.29 is 0 Å². The average molecular weight is 316 g/mol. The second-order valence-electron chi connectivity index (χ2n) is 6.59. The Labute approximate surface area is 137 Å². The monoisotopic (exact) mass is 316 g/mol. The maximum Gasteiger partial charge on any atom is 0.326 e. The fraction of sp³-hybridized carbons (Fsp3) is 0.611. The normalized spacial score (nSPS) is 17.1. The Hall–Kier alpha value is -1.59. The summed E-state index contributed by atoms with van der Waals surface area (Å²) in [6.45, 7) is 4.17. The number of nitrogens with two attached hydrogens (primary N) is 1. The summed E-state index contributed by atoms with van der Waals surface area (Å²) in [4.78, 5) is 17.8. The van der Waals surface area contributed by atoms with Gasteiger partial charge in [-0.1, -0.05) is 25.0 Å². The Morgan fingerprint density at radius 1 is 1.09 bits per heavy atom. The molecule has 2 heterocycles. The van der Waals surface area contributed by atoms with E-state index in [1.807, 2.05) is 28.8 Å². The smallest absolute Gasteiger partial charge is 0.326 e. The molecule has 1 aliphatic rings. The SMILES string of the molecule is NCCCCCCN1CCC(n2c(=O)[nH]c3ccccc32)CC1. The number of piperidine rings is 1. The van der Waals surface area contributed by atoms with Crippen molar-refractivity contribution in [2.75, 3.05) is 26.2 Å². The Balaban J connectivity index is 1.54. The first-order chi connectivity index (χ1) is 11.3. The van der Waals surface area contributed by atoms with Crippen LogP contribution < -0.4 is 11.4 Å². The topological polar surface area (TPSA) is 67.0 Å². The molecule has 0 bridgehead atoms. The van der Waals surface area contributed by atoms with Crippen molar-refractivity contribution in [1.82, 2.24) is 14.5 Å². The van der Waals surface area contributed by atoms with Gasteiger partial charge in [0, 0.05) is 19.1 Å². The zero-order valence-electron chi connectivity index (χ0n) is 13.8. The third-order valence-corrected chi connectivity index (χ3v) is 4.97. The first kappa shape index (κ1) is 16.3. The van der Waals surface area contributed by atoms with Crippen LogP contribution in [0, 0.1) is 0 Å². The van der Waals surface area contributed by atoms with E-state index in [1.54, 1.807) is 0 Å². The van der Waals surface area contributed by atoms with Gasteiger partial charge in [-0.3, -0.25) is 4.57 Å². The number of benzene rings is 1. The summed E-state index contributed by atoms with van der Waals surface area (Å²) in [6, 6.07) is 8.31. The summed E-state index contributed by atoms with van der Waals surface area (Å²) in [5.74, 6) is 0. The Bertz CT molecular complexity index is 667. The van der Waals surface area contributed by atoms with Crippen LogP contribution in [0.5, 0.6) is 0 Å². The predicted molar refractivity (Wildman–Crippen MR) is 94.8 cm³/mol. The van der Waals surface area contributed by atoms with Crippen molar-refractivity contribution in [3.05, 3.63) is 34.7 Å². The number of imidazole rings is 1. The number of aromatic nitrogens is 2. The van der Waals surface area contributed by atoms with Gasteiger partial charge < -0.3 is 15.6 Å². The third kappa shape index (κ3) is 3.85. The van der Waals surface area contributed by atoms with E-state index in [-0.39, 0.29) is 5.69 Å². The lowest BCUT2D eigenvalue weighted by atomic mass is 10.0. The van der Waals surface area contributed by atoms with E-state index in [0.717, 1.165) is 49.9 Å². The van der Waals surface area contributed by atoms with Crippen molar-refractivity contribution in [3.8, 4) is 0 Å². The maximum absolute atomic E-state index is 12.3. The van der Waals surface area contributed by atoms with Gasteiger partial charge in [0.25, 0.3) is 0 Å². The molecule has 0 amide bonds. The van der Waals surface area contributed by atoms with Gasteiger partial charge in [0.2, 0.25) is 0 Å². The van der Waals surface area contributed by atoms with Gasteiger partial charge in [0.1, 0.15) is 0 Å². The lowest BCUT2D eigenvalue weighted by Crippen LogP contribution is -2.37. The van der Waals surface area contributed by atoms with E-state index in [4.69, 9.17) is 5.73 Å². The number of nitrogens with one attached hydrogen (secondary N) is 1. The fourth-order valence-corrected chi connectivity index (χ4v) is 3.67. The average Bonchev–Trinajstić information content (AvgIpc) is 2.91. The van der Waals surface area contributed by atoms with E-state index in [1.165, 1.54) is 25.8 Å². The molecule has 1 aromatic heterocycles. The molecule has 0 spiro atoms. The van der Waals surface area contributed by atoms with Gasteiger partial charge in [-0.25, -0.2) is 4.79 Å². The molecule has 3 rings (SSSR count). The molecule has 2 aromatic rings. The van der Waals surface area contributed by atoms with E-state index >= 15 is 0 Å². The molecule has 1 saturated heterocycles. The van der Waals surface area contributed by atoms with Gasteiger partial charge in [0.05, 0.1) is 11.0 Å². The molecule has 1 aliphatic heterocycles. The Morgan fingerprint density at radius 2 is 1.83 bits per heavy atom. The lowest BCUT2D eigenvalue weighted by molar-refractivity contribution is 0.183. The van der Waals surface area contributed by atoms with Crippen LogP contribution in [0.15, 0.2) is 29.1 Å². The second kappa shape index (κ2) is 7.79. The molecule has 0 aliphatic carbocycles. The maximum atomic E-state index is 12.3. The summed E-state index contributed by atoms with van der Waals surface area (Å²) in [5.41, 5.74) is 7.54. The zero-order chi connectivity index (χ0) is 16.1. The van der Waals surface area contributed by atoms with Crippen LogP contribution in [-0.2, 0) is 0 Å². The minimum atomic E-state index is 0.0337. The molecular weight excluding hydrogens is 288 g/mol. The molecular formula is C18H28N4O. The van der Waals surface area contributed by atoms with Crippen LogP contribution in [-0.4, -0.2) is 40.6 Å². The highest BCUT2D eigenvalue weighted by Gasteiger charge is 2.23. The van der Waals surface area contributed by atoms with Gasteiger partial charge in [-0.05, 0) is 50.9 Å². The van der Waals surface area contributed by atoms with Gasteiger partial charge in [-0.2, -0.15) is 0 Å². The highest BCUT2D eigenvalue weighted by atomic mass is 16.1. The van der Waals surface area contributed by atoms with E-state index in [9.17, 15) is 4.79 Å². The molecule has 0 unspecified atom stereocenters. The number of likely N-dealkylation sites (tertiary alicyclic amines) is 1. The third-order valence-electron chi connectivity index (χ3n) is 4.97. The van der Waals surface area contributed by atoms with Crippen LogP contribution in [0.2, 0.25) is 0 Å². The number of hydrogen-bond donors (Lipinski definition) is 2. The molecule has 0 atom stereocenters. The van der Waals surface area contributed by atoms with Gasteiger partial charge in [0.15, 0.2) is 0 Å².